The fourth-order valence-electron chi connectivity index (χ4n) is 1.13. The first-order valence-corrected chi connectivity index (χ1v) is 4.49. The molecule has 0 saturated carbocycles. The molecule has 2 nitrogen and oxygen atoms in total. The van der Waals surface area contributed by atoms with Crippen molar-refractivity contribution >= 4 is 5.91 Å². The molecule has 0 aromatic rings. The minimum Gasteiger partial charge on any atom is -0.370 e. The van der Waals surface area contributed by atoms with Gasteiger partial charge >= 0.3 is 0 Å². The van der Waals surface area contributed by atoms with Gasteiger partial charge in [0.1, 0.15) is 0 Å². The summed E-state index contributed by atoms with van der Waals surface area (Å²) < 4.78 is 0. The Morgan fingerprint density at radius 2 is 2.08 bits per heavy atom. The molecule has 0 saturated heterocycles. The van der Waals surface area contributed by atoms with Gasteiger partial charge < -0.3 is 5.73 Å². The summed E-state index contributed by atoms with van der Waals surface area (Å²) in [5.74, 6) is 0.873. The highest BCUT2D eigenvalue weighted by molar-refractivity contribution is 5.73. The van der Waals surface area contributed by atoms with Crippen molar-refractivity contribution in [3.05, 3.63) is 12.2 Å². The largest absolute Gasteiger partial charge is 0.370 e. The molecule has 70 valence electrons. The number of hydrogen-bond acceptors (Lipinski definition) is 1. The quantitative estimate of drug-likeness (QED) is 0.629. The Morgan fingerprint density at radius 3 is 2.50 bits per heavy atom. The number of hydrogen-bond donors (Lipinski definition) is 1. The van der Waals surface area contributed by atoms with Crippen LogP contribution in [0.1, 0.15) is 33.6 Å². The zero-order valence-electron chi connectivity index (χ0n) is 8.21. The highest BCUT2D eigenvalue weighted by Crippen LogP contribution is 2.17. The monoisotopic (exact) mass is 169 g/mol. The second-order valence-electron chi connectivity index (χ2n) is 3.37. The van der Waals surface area contributed by atoms with Crippen LogP contribution in [0.4, 0.5) is 0 Å². The van der Waals surface area contributed by atoms with E-state index in [1.165, 1.54) is 0 Å². The van der Waals surface area contributed by atoms with Gasteiger partial charge in [-0.2, -0.15) is 0 Å². The SMILES string of the molecule is CC=CC(C)C(C)CCC(N)=O. The van der Waals surface area contributed by atoms with Gasteiger partial charge in [-0.15, -0.1) is 0 Å². The van der Waals surface area contributed by atoms with Crippen molar-refractivity contribution in [1.29, 1.82) is 0 Å². The second kappa shape index (κ2) is 5.81. The summed E-state index contributed by atoms with van der Waals surface area (Å²) in [5.41, 5.74) is 5.06. The Balaban J connectivity index is 3.70. The third kappa shape index (κ3) is 4.94. The number of allylic oxidation sites excluding steroid dienone is 2. The Bertz CT molecular complexity index is 163. The summed E-state index contributed by atoms with van der Waals surface area (Å²) >= 11 is 0. The molecule has 0 aromatic carbocycles. The molecule has 0 rings (SSSR count). The topological polar surface area (TPSA) is 43.1 Å². The third-order valence-electron chi connectivity index (χ3n) is 2.24. The normalized spacial score (nSPS) is 16.2. The molecule has 0 aliphatic rings. The number of carbonyl (C=O) groups is 1. The van der Waals surface area contributed by atoms with E-state index in [-0.39, 0.29) is 5.91 Å². The fraction of sp³-hybridized carbons (Fsp3) is 0.700. The molecule has 12 heavy (non-hydrogen) atoms. The van der Waals surface area contributed by atoms with E-state index >= 15 is 0 Å². The third-order valence-corrected chi connectivity index (χ3v) is 2.24. The molecule has 0 spiro atoms. The van der Waals surface area contributed by atoms with Crippen molar-refractivity contribution in [2.24, 2.45) is 17.6 Å². The summed E-state index contributed by atoms with van der Waals surface area (Å²) in [6, 6.07) is 0. The Hall–Kier alpha value is -0.790. The van der Waals surface area contributed by atoms with E-state index in [1.54, 1.807) is 0 Å². The van der Waals surface area contributed by atoms with E-state index in [0.717, 1.165) is 6.42 Å². The summed E-state index contributed by atoms with van der Waals surface area (Å²) in [7, 11) is 0. The van der Waals surface area contributed by atoms with Crippen LogP contribution >= 0.6 is 0 Å². The molecule has 0 heterocycles. The Morgan fingerprint density at radius 1 is 1.50 bits per heavy atom. The lowest BCUT2D eigenvalue weighted by Gasteiger charge is -2.14. The molecular formula is C10H19NO. The maximum absolute atomic E-state index is 10.5. The summed E-state index contributed by atoms with van der Waals surface area (Å²) in [6.45, 7) is 6.32. The van der Waals surface area contributed by atoms with E-state index in [0.29, 0.717) is 18.3 Å². The first-order chi connectivity index (χ1) is 5.57. The summed E-state index contributed by atoms with van der Waals surface area (Å²) in [6.07, 6.45) is 5.60. The van der Waals surface area contributed by atoms with Crippen molar-refractivity contribution in [3.8, 4) is 0 Å². The molecule has 0 radical (unpaired) electrons. The Kier molecular flexibility index (Phi) is 5.43. The molecule has 2 unspecified atom stereocenters. The predicted molar refractivity (Wildman–Crippen MR) is 51.6 cm³/mol. The molecule has 0 aliphatic heterocycles. The molecule has 1 amide bonds. The van der Waals surface area contributed by atoms with Gasteiger partial charge in [-0.1, -0.05) is 26.0 Å². The van der Waals surface area contributed by atoms with E-state index in [4.69, 9.17) is 5.73 Å². The zero-order valence-corrected chi connectivity index (χ0v) is 8.21. The average Bonchev–Trinajstić information content (AvgIpc) is 2.00. The number of nitrogens with two attached hydrogens (primary N) is 1. The molecule has 2 N–H and O–H groups in total. The van der Waals surface area contributed by atoms with Crippen LogP contribution in [-0.2, 0) is 4.79 Å². The average molecular weight is 169 g/mol. The van der Waals surface area contributed by atoms with Crippen molar-refractivity contribution in [1.82, 2.24) is 0 Å². The maximum Gasteiger partial charge on any atom is 0.217 e. The minimum absolute atomic E-state index is 0.200. The highest BCUT2D eigenvalue weighted by Gasteiger charge is 2.09. The number of primary amides is 1. The molecule has 0 bridgehead atoms. The van der Waals surface area contributed by atoms with Gasteiger partial charge in [0.2, 0.25) is 5.91 Å². The molecule has 0 aliphatic carbocycles. The fourth-order valence-corrected chi connectivity index (χ4v) is 1.13. The summed E-state index contributed by atoms with van der Waals surface area (Å²) in [4.78, 5) is 10.5. The number of amides is 1. The Labute approximate surface area is 74.8 Å². The lowest BCUT2D eigenvalue weighted by molar-refractivity contribution is -0.118. The van der Waals surface area contributed by atoms with E-state index in [1.807, 2.05) is 13.0 Å². The molecule has 0 aromatic heterocycles. The van der Waals surface area contributed by atoms with Crippen LogP contribution in [0.25, 0.3) is 0 Å². The van der Waals surface area contributed by atoms with Crippen LogP contribution in [0.15, 0.2) is 12.2 Å². The maximum atomic E-state index is 10.5. The van der Waals surface area contributed by atoms with Crippen LogP contribution in [-0.4, -0.2) is 5.91 Å². The smallest absolute Gasteiger partial charge is 0.217 e. The molecule has 2 heteroatoms. The zero-order chi connectivity index (χ0) is 9.56. The van der Waals surface area contributed by atoms with Crippen LogP contribution < -0.4 is 5.73 Å². The van der Waals surface area contributed by atoms with Gasteiger partial charge in [-0.25, -0.2) is 0 Å². The predicted octanol–water partition coefficient (Wildman–Crippen LogP) is 2.10. The van der Waals surface area contributed by atoms with E-state index in [2.05, 4.69) is 19.9 Å². The van der Waals surface area contributed by atoms with Gasteiger partial charge in [0.25, 0.3) is 0 Å². The van der Waals surface area contributed by atoms with Crippen molar-refractivity contribution in [2.45, 2.75) is 33.6 Å². The van der Waals surface area contributed by atoms with Gasteiger partial charge in [0.05, 0.1) is 0 Å². The van der Waals surface area contributed by atoms with Crippen molar-refractivity contribution < 1.29 is 4.79 Å². The molecule has 0 fully saturated rings. The first kappa shape index (κ1) is 11.2. The minimum atomic E-state index is -0.200. The van der Waals surface area contributed by atoms with Crippen molar-refractivity contribution in [3.63, 3.8) is 0 Å². The van der Waals surface area contributed by atoms with E-state index < -0.39 is 0 Å². The van der Waals surface area contributed by atoms with Crippen LogP contribution in [0.2, 0.25) is 0 Å². The van der Waals surface area contributed by atoms with E-state index in [9.17, 15) is 4.79 Å². The lowest BCUT2D eigenvalue weighted by Crippen LogP contribution is -2.14. The number of rotatable bonds is 5. The van der Waals surface area contributed by atoms with Gasteiger partial charge in [-0.05, 0) is 25.2 Å². The first-order valence-electron chi connectivity index (χ1n) is 4.49. The lowest BCUT2D eigenvalue weighted by atomic mass is 9.91. The van der Waals surface area contributed by atoms with Crippen LogP contribution in [0.3, 0.4) is 0 Å². The highest BCUT2D eigenvalue weighted by atomic mass is 16.1. The molecular weight excluding hydrogens is 150 g/mol. The van der Waals surface area contributed by atoms with Gasteiger partial charge in [0, 0.05) is 6.42 Å². The van der Waals surface area contributed by atoms with Crippen LogP contribution in [0, 0.1) is 11.8 Å². The van der Waals surface area contributed by atoms with Gasteiger partial charge in [-0.3, -0.25) is 4.79 Å². The molecule has 2 atom stereocenters. The standard InChI is InChI=1S/C10H19NO/c1-4-5-8(2)9(3)6-7-10(11)12/h4-5,8-9H,6-7H2,1-3H3,(H2,11,12). The summed E-state index contributed by atoms with van der Waals surface area (Å²) in [5, 5.41) is 0. The van der Waals surface area contributed by atoms with Crippen molar-refractivity contribution in [2.75, 3.05) is 0 Å². The van der Waals surface area contributed by atoms with Crippen LogP contribution in [0.5, 0.6) is 0 Å². The van der Waals surface area contributed by atoms with Gasteiger partial charge in [0.15, 0.2) is 0 Å². The second-order valence-corrected chi connectivity index (χ2v) is 3.37. The number of carbonyl (C=O) groups excluding carboxylic acids is 1.